The molecule has 3 rings (SSSR count). The molecule has 0 amide bonds. The smallest absolute Gasteiger partial charge is 0.159 e. The molecule has 0 N–H and O–H groups in total. The van der Waals surface area contributed by atoms with Crippen molar-refractivity contribution < 1.29 is 13.6 Å². The number of hydrogen-bond acceptors (Lipinski definition) is 1. The lowest BCUT2D eigenvalue weighted by Gasteiger charge is -2.40. The highest BCUT2D eigenvalue weighted by molar-refractivity contribution is 5.92. The molecule has 2 aliphatic rings. The molecule has 0 atom stereocenters. The van der Waals surface area contributed by atoms with Gasteiger partial charge in [0, 0.05) is 5.92 Å². The van der Waals surface area contributed by atoms with E-state index >= 15 is 0 Å². The number of ketones is 1. The van der Waals surface area contributed by atoms with E-state index in [0.717, 1.165) is 57.8 Å². The summed E-state index contributed by atoms with van der Waals surface area (Å²) in [5.41, 5.74) is 0.121. The van der Waals surface area contributed by atoms with E-state index in [1.807, 2.05) is 0 Å². The van der Waals surface area contributed by atoms with E-state index in [4.69, 9.17) is 0 Å². The second-order valence-electron chi connectivity index (χ2n) is 6.97. The van der Waals surface area contributed by atoms with Gasteiger partial charge in [0.15, 0.2) is 11.6 Å². The van der Waals surface area contributed by atoms with Gasteiger partial charge in [-0.1, -0.05) is 44.6 Å². The Hall–Kier alpha value is -1.25. The van der Waals surface area contributed by atoms with E-state index in [-0.39, 0.29) is 11.7 Å². The summed E-state index contributed by atoms with van der Waals surface area (Å²) in [5.74, 6) is -1.27. The normalized spacial score (nSPS) is 22.5. The molecule has 1 aromatic rings. The summed E-state index contributed by atoms with van der Waals surface area (Å²) in [6.45, 7) is 0. The van der Waals surface area contributed by atoms with Crippen molar-refractivity contribution in [3.63, 3.8) is 0 Å². The van der Waals surface area contributed by atoms with Crippen LogP contribution in [0.2, 0.25) is 0 Å². The van der Waals surface area contributed by atoms with Crippen molar-refractivity contribution in [3.8, 4) is 0 Å². The maximum Gasteiger partial charge on any atom is 0.159 e. The molecule has 1 nitrogen and oxygen atoms in total. The minimum Gasteiger partial charge on any atom is -0.298 e. The van der Waals surface area contributed by atoms with Crippen LogP contribution in [0.4, 0.5) is 8.78 Å². The predicted molar refractivity (Wildman–Crippen MR) is 82.7 cm³/mol. The third-order valence-electron chi connectivity index (χ3n) is 5.63. The van der Waals surface area contributed by atoms with Crippen LogP contribution in [0, 0.1) is 17.6 Å². The molecule has 0 unspecified atom stereocenters. The highest BCUT2D eigenvalue weighted by Crippen LogP contribution is 2.44. The van der Waals surface area contributed by atoms with E-state index in [0.29, 0.717) is 5.56 Å². The van der Waals surface area contributed by atoms with Gasteiger partial charge < -0.3 is 0 Å². The Morgan fingerprint density at radius 1 is 0.909 bits per heavy atom. The summed E-state index contributed by atoms with van der Waals surface area (Å²) in [4.78, 5) is 13.3. The van der Waals surface area contributed by atoms with Gasteiger partial charge in [-0.2, -0.15) is 0 Å². The van der Waals surface area contributed by atoms with E-state index in [9.17, 15) is 13.6 Å². The molecule has 120 valence electrons. The van der Waals surface area contributed by atoms with Gasteiger partial charge in [0.1, 0.15) is 5.78 Å². The molecule has 0 aliphatic heterocycles. The Balaban J connectivity index is 1.96. The molecule has 0 bridgehead atoms. The average molecular weight is 306 g/mol. The number of benzene rings is 1. The fourth-order valence-corrected chi connectivity index (χ4v) is 4.38. The first-order valence-corrected chi connectivity index (χ1v) is 8.63. The van der Waals surface area contributed by atoms with Crippen molar-refractivity contribution in [2.45, 2.75) is 69.6 Å². The molecule has 2 saturated carbocycles. The van der Waals surface area contributed by atoms with Crippen molar-refractivity contribution >= 4 is 5.78 Å². The third kappa shape index (κ3) is 2.82. The van der Waals surface area contributed by atoms with Gasteiger partial charge >= 0.3 is 0 Å². The fourth-order valence-electron chi connectivity index (χ4n) is 4.38. The quantitative estimate of drug-likeness (QED) is 0.739. The van der Waals surface area contributed by atoms with Crippen molar-refractivity contribution in [1.29, 1.82) is 0 Å². The van der Waals surface area contributed by atoms with Gasteiger partial charge in [0.05, 0.1) is 5.41 Å². The molecule has 0 radical (unpaired) electrons. The maximum atomic E-state index is 13.7. The van der Waals surface area contributed by atoms with Crippen molar-refractivity contribution in [2.75, 3.05) is 0 Å². The Morgan fingerprint density at radius 3 is 2.18 bits per heavy atom. The van der Waals surface area contributed by atoms with E-state index in [1.165, 1.54) is 18.6 Å². The second-order valence-corrected chi connectivity index (χ2v) is 6.97. The van der Waals surface area contributed by atoms with Crippen molar-refractivity contribution in [2.24, 2.45) is 5.92 Å². The zero-order valence-corrected chi connectivity index (χ0v) is 13.0. The first kappa shape index (κ1) is 15.6. The number of halogens is 2. The molecule has 0 saturated heterocycles. The summed E-state index contributed by atoms with van der Waals surface area (Å²) in [5, 5.41) is 0. The first-order valence-electron chi connectivity index (χ1n) is 8.63. The Labute approximate surface area is 131 Å². The molecular weight excluding hydrogens is 282 g/mol. The lowest BCUT2D eigenvalue weighted by Crippen LogP contribution is -2.42. The molecule has 2 fully saturated rings. The number of hydrogen-bond donors (Lipinski definition) is 0. The topological polar surface area (TPSA) is 17.1 Å². The fraction of sp³-hybridized carbons (Fsp3) is 0.632. The zero-order chi connectivity index (χ0) is 15.6. The van der Waals surface area contributed by atoms with Gasteiger partial charge in [-0.3, -0.25) is 4.79 Å². The largest absolute Gasteiger partial charge is 0.298 e. The lowest BCUT2D eigenvalue weighted by atomic mass is 9.62. The number of rotatable bonds is 3. The summed E-state index contributed by atoms with van der Waals surface area (Å²) in [7, 11) is 0. The van der Waals surface area contributed by atoms with Crippen molar-refractivity contribution in [3.05, 3.63) is 35.4 Å². The predicted octanol–water partition coefficient (Wildman–Crippen LogP) is 5.32. The molecule has 2 aliphatic carbocycles. The van der Waals surface area contributed by atoms with E-state index < -0.39 is 17.0 Å². The van der Waals surface area contributed by atoms with Gasteiger partial charge in [-0.15, -0.1) is 0 Å². The van der Waals surface area contributed by atoms with Gasteiger partial charge in [-0.25, -0.2) is 8.78 Å². The Bertz CT molecular complexity index is 540. The van der Waals surface area contributed by atoms with Crippen LogP contribution in [0.25, 0.3) is 0 Å². The zero-order valence-electron chi connectivity index (χ0n) is 13.0. The van der Waals surface area contributed by atoms with E-state index in [1.54, 1.807) is 6.07 Å². The van der Waals surface area contributed by atoms with Crippen LogP contribution in [-0.2, 0) is 10.2 Å². The highest BCUT2D eigenvalue weighted by Gasteiger charge is 2.44. The molecule has 22 heavy (non-hydrogen) atoms. The summed E-state index contributed by atoms with van der Waals surface area (Å²) < 4.78 is 27.0. The maximum absolute atomic E-state index is 13.7. The lowest BCUT2D eigenvalue weighted by molar-refractivity contribution is -0.131. The summed E-state index contributed by atoms with van der Waals surface area (Å²) in [6, 6.07) is 4.07. The number of carbonyl (C=O) groups excluding carboxylic acids is 1. The molecule has 0 spiro atoms. The third-order valence-corrected chi connectivity index (χ3v) is 5.63. The van der Waals surface area contributed by atoms with Crippen LogP contribution in [0.1, 0.15) is 69.8 Å². The first-order chi connectivity index (χ1) is 10.6. The van der Waals surface area contributed by atoms with Crippen LogP contribution in [0.3, 0.4) is 0 Å². The SMILES string of the molecule is O=C(C1CCCCC1)C1(c2ccc(F)c(F)c2)CCCCC1. The molecule has 0 aromatic heterocycles. The highest BCUT2D eigenvalue weighted by atomic mass is 19.2. The number of carbonyl (C=O) groups is 1. The number of Topliss-reactive ketones (excluding diaryl/α,β-unsaturated/α-hetero) is 1. The van der Waals surface area contributed by atoms with Crippen LogP contribution in [0.5, 0.6) is 0 Å². The monoisotopic (exact) mass is 306 g/mol. The minimum atomic E-state index is -0.834. The average Bonchev–Trinajstić information content (AvgIpc) is 2.58. The van der Waals surface area contributed by atoms with Crippen LogP contribution in [-0.4, -0.2) is 5.78 Å². The van der Waals surface area contributed by atoms with Crippen LogP contribution in [0.15, 0.2) is 18.2 Å². The summed E-state index contributed by atoms with van der Waals surface area (Å²) >= 11 is 0. The Kier molecular flexibility index (Phi) is 4.60. The van der Waals surface area contributed by atoms with Crippen LogP contribution < -0.4 is 0 Å². The van der Waals surface area contributed by atoms with Crippen molar-refractivity contribution in [1.82, 2.24) is 0 Å². The van der Waals surface area contributed by atoms with Gasteiger partial charge in [0.25, 0.3) is 0 Å². The Morgan fingerprint density at radius 2 is 1.55 bits per heavy atom. The minimum absolute atomic E-state index is 0.111. The standard InChI is InChI=1S/C19H24F2O/c20-16-10-9-15(13-17(16)21)19(11-5-2-6-12-19)18(22)14-7-3-1-4-8-14/h9-10,13-14H,1-8,11-12H2. The molecule has 1 aromatic carbocycles. The summed E-state index contributed by atoms with van der Waals surface area (Å²) in [6.07, 6.45) is 10.1. The van der Waals surface area contributed by atoms with Crippen LogP contribution >= 0.6 is 0 Å². The van der Waals surface area contributed by atoms with E-state index in [2.05, 4.69) is 0 Å². The van der Waals surface area contributed by atoms with Gasteiger partial charge in [0.2, 0.25) is 0 Å². The molecule has 0 heterocycles. The molecular formula is C19H24F2O. The molecule has 3 heteroatoms. The van der Waals surface area contributed by atoms with Gasteiger partial charge in [-0.05, 0) is 43.4 Å². The second kappa shape index (κ2) is 6.47.